The number of hydrogen-bond acceptors (Lipinski definition) is 5. The molecular weight excluding hydrogens is 324 g/mol. The van der Waals surface area contributed by atoms with E-state index in [0.29, 0.717) is 5.56 Å². The molecule has 2 unspecified atom stereocenters. The summed E-state index contributed by atoms with van der Waals surface area (Å²) in [7, 11) is -7.42. The Bertz CT molecular complexity index is 786. The molecule has 1 aromatic carbocycles. The molecule has 1 heterocycles. The molecule has 2 rings (SSSR count). The number of aliphatic hydroxyl groups is 1. The second-order valence-electron chi connectivity index (χ2n) is 6.96. The highest BCUT2D eigenvalue weighted by atomic mass is 32.2. The van der Waals surface area contributed by atoms with E-state index in [4.69, 9.17) is 0 Å². The first-order valence-corrected chi connectivity index (χ1v) is 10.4. The van der Waals surface area contributed by atoms with E-state index in [-0.39, 0.29) is 10.3 Å². The molecule has 22 heavy (non-hydrogen) atoms. The van der Waals surface area contributed by atoms with Gasteiger partial charge in [-0.05, 0) is 29.5 Å². The van der Waals surface area contributed by atoms with Crippen LogP contribution in [0.4, 0.5) is 0 Å². The molecule has 0 amide bonds. The average Bonchev–Trinajstić information content (AvgIpc) is 2.62. The molecule has 5 nitrogen and oxygen atoms in total. The minimum atomic E-state index is -3.90. The quantitative estimate of drug-likeness (QED) is 0.870. The average molecular weight is 346 g/mol. The fourth-order valence-corrected chi connectivity index (χ4v) is 7.35. The van der Waals surface area contributed by atoms with Crippen LogP contribution in [0.1, 0.15) is 31.9 Å². The summed E-state index contributed by atoms with van der Waals surface area (Å²) in [6.07, 6.45) is -1.37. The maximum Gasteiger partial charge on any atom is 0.185 e. The molecular formula is C15H22O5S2. The molecule has 7 heteroatoms. The third-order valence-electron chi connectivity index (χ3n) is 4.03. The maximum atomic E-state index is 12.8. The molecule has 0 aliphatic carbocycles. The Morgan fingerprint density at radius 2 is 1.77 bits per heavy atom. The number of aryl methyl sites for hydroxylation is 1. The molecule has 0 bridgehead atoms. The van der Waals surface area contributed by atoms with Gasteiger partial charge in [0.2, 0.25) is 0 Å². The molecule has 1 aliphatic rings. The number of rotatable bonds is 2. The highest BCUT2D eigenvalue weighted by Crippen LogP contribution is 2.31. The van der Waals surface area contributed by atoms with Crippen LogP contribution >= 0.6 is 0 Å². The first-order valence-electron chi connectivity index (χ1n) is 7.08. The summed E-state index contributed by atoms with van der Waals surface area (Å²) < 4.78 is 48.8. The normalized spacial score (nSPS) is 25.3. The lowest BCUT2D eigenvalue weighted by atomic mass is 9.87. The lowest BCUT2D eigenvalue weighted by Gasteiger charge is -2.22. The molecule has 0 saturated carbocycles. The Labute approximate surface area is 132 Å². The van der Waals surface area contributed by atoms with Crippen molar-refractivity contribution in [3.63, 3.8) is 0 Å². The minimum absolute atomic E-state index is 0.112. The Hall–Kier alpha value is -0.920. The fourth-order valence-electron chi connectivity index (χ4n) is 2.63. The topological polar surface area (TPSA) is 88.5 Å². The van der Waals surface area contributed by atoms with Crippen LogP contribution in [-0.2, 0) is 25.1 Å². The van der Waals surface area contributed by atoms with E-state index in [2.05, 4.69) is 0 Å². The summed E-state index contributed by atoms with van der Waals surface area (Å²) in [6.45, 7) is 7.60. The lowest BCUT2D eigenvalue weighted by Crippen LogP contribution is -2.33. The van der Waals surface area contributed by atoms with Gasteiger partial charge in [-0.3, -0.25) is 0 Å². The van der Waals surface area contributed by atoms with E-state index in [9.17, 15) is 21.9 Å². The summed E-state index contributed by atoms with van der Waals surface area (Å²) >= 11 is 0. The molecule has 2 atom stereocenters. The zero-order valence-electron chi connectivity index (χ0n) is 13.2. The smallest absolute Gasteiger partial charge is 0.185 e. The van der Waals surface area contributed by atoms with Crippen molar-refractivity contribution in [2.45, 2.75) is 49.4 Å². The SMILES string of the molecule is Cc1ccc(C(C)(C)C)cc1S(=O)(=O)C1CS(=O)(=O)CC1O. The van der Waals surface area contributed by atoms with Crippen LogP contribution in [0.5, 0.6) is 0 Å². The summed E-state index contributed by atoms with van der Waals surface area (Å²) in [5.41, 5.74) is 1.19. The van der Waals surface area contributed by atoms with E-state index in [1.165, 1.54) is 0 Å². The largest absolute Gasteiger partial charge is 0.391 e. The van der Waals surface area contributed by atoms with Crippen molar-refractivity contribution >= 4 is 19.7 Å². The van der Waals surface area contributed by atoms with Gasteiger partial charge in [-0.15, -0.1) is 0 Å². The Kier molecular flexibility index (Phi) is 4.21. The second-order valence-corrected chi connectivity index (χ2v) is 11.2. The van der Waals surface area contributed by atoms with Gasteiger partial charge in [0.15, 0.2) is 19.7 Å². The third kappa shape index (κ3) is 3.21. The molecule has 124 valence electrons. The molecule has 1 aromatic rings. The van der Waals surface area contributed by atoms with Gasteiger partial charge in [0.25, 0.3) is 0 Å². The van der Waals surface area contributed by atoms with Crippen LogP contribution in [0.25, 0.3) is 0 Å². The summed E-state index contributed by atoms with van der Waals surface area (Å²) in [5.74, 6) is -1.01. The molecule has 0 spiro atoms. The van der Waals surface area contributed by atoms with Crippen LogP contribution in [0.15, 0.2) is 23.1 Å². The number of hydrogen-bond donors (Lipinski definition) is 1. The predicted molar refractivity (Wildman–Crippen MR) is 85.5 cm³/mol. The number of benzene rings is 1. The van der Waals surface area contributed by atoms with Crippen molar-refractivity contribution in [1.29, 1.82) is 0 Å². The fraction of sp³-hybridized carbons (Fsp3) is 0.600. The summed E-state index contributed by atoms with van der Waals surface area (Å²) in [6, 6.07) is 5.20. The van der Waals surface area contributed by atoms with Crippen molar-refractivity contribution in [2.75, 3.05) is 11.5 Å². The van der Waals surface area contributed by atoms with Crippen LogP contribution in [-0.4, -0.2) is 44.8 Å². The highest BCUT2D eigenvalue weighted by molar-refractivity contribution is 7.96. The van der Waals surface area contributed by atoms with Gasteiger partial charge in [-0.1, -0.05) is 32.9 Å². The Morgan fingerprint density at radius 1 is 1.18 bits per heavy atom. The molecule has 0 aromatic heterocycles. The van der Waals surface area contributed by atoms with E-state index in [1.54, 1.807) is 19.1 Å². The molecule has 1 aliphatic heterocycles. The van der Waals surface area contributed by atoms with Crippen LogP contribution in [0, 0.1) is 6.92 Å². The molecule has 0 radical (unpaired) electrons. The van der Waals surface area contributed by atoms with Gasteiger partial charge in [0.1, 0.15) is 5.25 Å². The molecule has 1 N–H and O–H groups in total. The standard InChI is InChI=1S/C15H22O5S2/c1-10-5-6-11(15(2,3)4)7-13(10)22(19,20)14-9-21(17,18)8-12(14)16/h5-7,12,14,16H,8-9H2,1-4H3. The van der Waals surface area contributed by atoms with Crippen molar-refractivity contribution in [3.05, 3.63) is 29.3 Å². The van der Waals surface area contributed by atoms with Gasteiger partial charge >= 0.3 is 0 Å². The van der Waals surface area contributed by atoms with Crippen molar-refractivity contribution in [2.24, 2.45) is 0 Å². The first-order chi connectivity index (χ1) is 9.84. The van der Waals surface area contributed by atoms with Crippen molar-refractivity contribution < 1.29 is 21.9 Å². The Morgan fingerprint density at radius 3 is 2.23 bits per heavy atom. The van der Waals surface area contributed by atoms with Crippen LogP contribution < -0.4 is 0 Å². The minimum Gasteiger partial charge on any atom is -0.391 e. The monoisotopic (exact) mass is 346 g/mol. The summed E-state index contributed by atoms with van der Waals surface area (Å²) in [5, 5.41) is 8.60. The van der Waals surface area contributed by atoms with Crippen molar-refractivity contribution in [3.8, 4) is 0 Å². The number of sulfone groups is 2. The van der Waals surface area contributed by atoms with Crippen molar-refractivity contribution in [1.82, 2.24) is 0 Å². The molecule has 1 saturated heterocycles. The maximum absolute atomic E-state index is 12.8. The van der Waals surface area contributed by atoms with Gasteiger partial charge in [0, 0.05) is 0 Å². The van der Waals surface area contributed by atoms with Gasteiger partial charge in [0.05, 0.1) is 22.5 Å². The van der Waals surface area contributed by atoms with E-state index >= 15 is 0 Å². The van der Waals surface area contributed by atoms with Gasteiger partial charge < -0.3 is 5.11 Å². The van der Waals surface area contributed by atoms with Gasteiger partial charge in [-0.2, -0.15) is 0 Å². The Balaban J connectivity index is 2.55. The van der Waals surface area contributed by atoms with E-state index < -0.39 is 42.5 Å². The second kappa shape index (κ2) is 5.32. The van der Waals surface area contributed by atoms with E-state index in [1.807, 2.05) is 26.8 Å². The number of aliphatic hydroxyl groups excluding tert-OH is 1. The first kappa shape index (κ1) is 17.4. The zero-order valence-corrected chi connectivity index (χ0v) is 14.8. The van der Waals surface area contributed by atoms with Crippen LogP contribution in [0.2, 0.25) is 0 Å². The van der Waals surface area contributed by atoms with Gasteiger partial charge in [-0.25, -0.2) is 16.8 Å². The third-order valence-corrected chi connectivity index (χ3v) is 8.29. The zero-order chi connectivity index (χ0) is 16.9. The highest BCUT2D eigenvalue weighted by Gasteiger charge is 2.45. The molecule has 1 fully saturated rings. The van der Waals surface area contributed by atoms with Crippen LogP contribution in [0.3, 0.4) is 0 Å². The predicted octanol–water partition coefficient (Wildman–Crippen LogP) is 1.22. The van der Waals surface area contributed by atoms with E-state index in [0.717, 1.165) is 5.56 Å². The summed E-state index contributed by atoms with van der Waals surface area (Å²) in [4.78, 5) is 0.112. The lowest BCUT2D eigenvalue weighted by molar-refractivity contribution is 0.204.